The molecule has 2 heterocycles. The topological polar surface area (TPSA) is 67.4 Å². The minimum atomic E-state index is -0.370. The zero-order valence-electron chi connectivity index (χ0n) is 14.0. The molecule has 1 unspecified atom stereocenters. The number of hydrogen-bond acceptors (Lipinski definition) is 5. The highest BCUT2D eigenvalue weighted by Gasteiger charge is 2.24. The number of rotatable bonds is 5. The Morgan fingerprint density at radius 1 is 1.33 bits per heavy atom. The van der Waals surface area contributed by atoms with Gasteiger partial charge in [-0.2, -0.15) is 0 Å². The van der Waals surface area contributed by atoms with Crippen LogP contribution in [0.3, 0.4) is 0 Å². The molecule has 0 spiro atoms. The number of anilines is 3. The van der Waals surface area contributed by atoms with E-state index in [1.54, 1.807) is 6.07 Å². The predicted octanol–water partition coefficient (Wildman–Crippen LogP) is 3.06. The Labute approximate surface area is 141 Å². The molecule has 0 aliphatic carbocycles. The van der Waals surface area contributed by atoms with Gasteiger partial charge in [-0.3, -0.25) is 4.79 Å². The van der Waals surface area contributed by atoms with Crippen LogP contribution < -0.4 is 10.2 Å². The van der Waals surface area contributed by atoms with Crippen molar-refractivity contribution in [3.05, 3.63) is 42.0 Å². The predicted molar refractivity (Wildman–Crippen MR) is 93.5 cm³/mol. The van der Waals surface area contributed by atoms with Crippen LogP contribution in [0.15, 0.2) is 36.4 Å². The Hall–Kier alpha value is -2.47. The monoisotopic (exact) mass is 326 g/mol. The number of nitrogens with one attached hydrogen (secondary N) is 1. The molecule has 6 heteroatoms. The highest BCUT2D eigenvalue weighted by atomic mass is 16.5. The van der Waals surface area contributed by atoms with Crippen LogP contribution in [0.2, 0.25) is 0 Å². The Morgan fingerprint density at radius 2 is 2.21 bits per heavy atom. The number of aromatic nitrogens is 2. The molecule has 2 aromatic rings. The van der Waals surface area contributed by atoms with Crippen LogP contribution in [0.4, 0.5) is 17.3 Å². The average Bonchev–Trinajstić information content (AvgIpc) is 3.12. The van der Waals surface area contributed by atoms with Crippen molar-refractivity contribution in [1.29, 1.82) is 0 Å². The molecule has 1 atom stereocenters. The number of hydrogen-bond donors (Lipinski definition) is 1. The summed E-state index contributed by atoms with van der Waals surface area (Å²) in [5.74, 6) is 1.04. The van der Waals surface area contributed by atoms with Gasteiger partial charge in [-0.1, -0.05) is 12.1 Å². The lowest BCUT2D eigenvalue weighted by atomic mass is 10.2. The van der Waals surface area contributed by atoms with Crippen LogP contribution in [0, 0.1) is 6.92 Å². The van der Waals surface area contributed by atoms with Crippen molar-refractivity contribution >= 4 is 23.2 Å². The molecule has 1 aliphatic rings. The molecule has 6 nitrogen and oxygen atoms in total. The Balaban J connectivity index is 1.71. The van der Waals surface area contributed by atoms with E-state index in [2.05, 4.69) is 46.4 Å². The number of carbonyl (C=O) groups is 1. The number of aryl methyl sites for hydroxylation is 1. The maximum absolute atomic E-state index is 12.0. The van der Waals surface area contributed by atoms with Crippen molar-refractivity contribution in [3.8, 4) is 0 Å². The van der Waals surface area contributed by atoms with Gasteiger partial charge in [-0.05, 0) is 56.5 Å². The maximum atomic E-state index is 12.0. The fourth-order valence-electron chi connectivity index (χ4n) is 2.80. The molecule has 1 aliphatic heterocycles. The van der Waals surface area contributed by atoms with Gasteiger partial charge >= 0.3 is 0 Å². The lowest BCUT2D eigenvalue weighted by molar-refractivity contribution is -0.124. The van der Waals surface area contributed by atoms with Crippen LogP contribution >= 0.6 is 0 Å². The van der Waals surface area contributed by atoms with E-state index in [4.69, 9.17) is 4.74 Å². The number of amides is 1. The highest BCUT2D eigenvalue weighted by molar-refractivity contribution is 5.93. The van der Waals surface area contributed by atoms with Gasteiger partial charge in [-0.25, -0.2) is 0 Å². The first-order chi connectivity index (χ1) is 11.7. The van der Waals surface area contributed by atoms with Gasteiger partial charge in [0.15, 0.2) is 11.6 Å². The van der Waals surface area contributed by atoms with Gasteiger partial charge in [-0.15, -0.1) is 10.2 Å². The van der Waals surface area contributed by atoms with E-state index in [-0.39, 0.29) is 12.0 Å². The molecule has 1 aromatic carbocycles. The van der Waals surface area contributed by atoms with E-state index < -0.39 is 0 Å². The summed E-state index contributed by atoms with van der Waals surface area (Å²) in [4.78, 5) is 14.1. The summed E-state index contributed by atoms with van der Waals surface area (Å²) in [5, 5.41) is 11.1. The second-order valence-corrected chi connectivity index (χ2v) is 5.85. The molecule has 0 saturated carbocycles. The number of nitrogens with zero attached hydrogens (tertiary/aromatic N) is 3. The van der Waals surface area contributed by atoms with Crippen LogP contribution in [0.25, 0.3) is 0 Å². The first kappa shape index (κ1) is 16.4. The molecule has 24 heavy (non-hydrogen) atoms. The third-order valence-corrected chi connectivity index (χ3v) is 4.03. The standard InChI is InChI=1S/C18H22N4O2/c1-3-22(14-7-4-6-13(2)12-14)17-10-9-16(20-21-17)19-18(23)15-8-5-11-24-15/h4,6-7,9-10,12,15H,3,5,8,11H2,1-2H3,(H,19,20,23). The lowest BCUT2D eigenvalue weighted by Gasteiger charge is -2.22. The van der Waals surface area contributed by atoms with E-state index in [1.165, 1.54) is 5.56 Å². The SMILES string of the molecule is CCN(c1cccc(C)c1)c1ccc(NC(=O)C2CCCO2)nn1. The summed E-state index contributed by atoms with van der Waals surface area (Å²) in [6.45, 7) is 5.55. The minimum absolute atomic E-state index is 0.152. The van der Waals surface area contributed by atoms with Gasteiger partial charge < -0.3 is 15.0 Å². The number of benzene rings is 1. The van der Waals surface area contributed by atoms with Gasteiger partial charge in [0, 0.05) is 18.8 Å². The van der Waals surface area contributed by atoms with E-state index >= 15 is 0 Å². The molecule has 1 N–H and O–H groups in total. The van der Waals surface area contributed by atoms with Crippen LogP contribution in [-0.2, 0) is 9.53 Å². The molecule has 1 saturated heterocycles. The molecule has 126 valence electrons. The third kappa shape index (κ3) is 3.71. The molecule has 1 fully saturated rings. The van der Waals surface area contributed by atoms with Crippen LogP contribution in [-0.4, -0.2) is 35.4 Å². The van der Waals surface area contributed by atoms with Crippen LogP contribution in [0.5, 0.6) is 0 Å². The minimum Gasteiger partial charge on any atom is -0.368 e. The lowest BCUT2D eigenvalue weighted by Crippen LogP contribution is -2.27. The summed E-state index contributed by atoms with van der Waals surface area (Å²) in [5.41, 5.74) is 2.27. The molecule has 1 amide bonds. The maximum Gasteiger partial charge on any atom is 0.254 e. The van der Waals surface area contributed by atoms with E-state index in [0.717, 1.165) is 30.9 Å². The first-order valence-corrected chi connectivity index (χ1v) is 8.28. The third-order valence-electron chi connectivity index (χ3n) is 4.03. The largest absolute Gasteiger partial charge is 0.368 e. The summed E-state index contributed by atoms with van der Waals surface area (Å²) in [6, 6.07) is 11.9. The van der Waals surface area contributed by atoms with Gasteiger partial charge in [0.2, 0.25) is 0 Å². The zero-order chi connectivity index (χ0) is 16.9. The summed E-state index contributed by atoms with van der Waals surface area (Å²) >= 11 is 0. The smallest absolute Gasteiger partial charge is 0.254 e. The van der Waals surface area contributed by atoms with Crippen molar-refractivity contribution in [2.45, 2.75) is 32.8 Å². The normalized spacial score (nSPS) is 16.8. The quantitative estimate of drug-likeness (QED) is 0.914. The molecular weight excluding hydrogens is 304 g/mol. The van der Waals surface area contributed by atoms with E-state index in [9.17, 15) is 4.79 Å². The molecular formula is C18H22N4O2. The van der Waals surface area contributed by atoms with Crippen molar-refractivity contribution in [3.63, 3.8) is 0 Å². The van der Waals surface area contributed by atoms with Crippen molar-refractivity contribution in [2.24, 2.45) is 0 Å². The van der Waals surface area contributed by atoms with Crippen molar-refractivity contribution in [1.82, 2.24) is 10.2 Å². The van der Waals surface area contributed by atoms with E-state index in [0.29, 0.717) is 12.4 Å². The molecule has 0 bridgehead atoms. The zero-order valence-corrected chi connectivity index (χ0v) is 14.0. The van der Waals surface area contributed by atoms with Crippen molar-refractivity contribution in [2.75, 3.05) is 23.4 Å². The highest BCUT2D eigenvalue weighted by Crippen LogP contribution is 2.24. The van der Waals surface area contributed by atoms with Crippen molar-refractivity contribution < 1.29 is 9.53 Å². The fourth-order valence-corrected chi connectivity index (χ4v) is 2.80. The number of ether oxygens (including phenoxy) is 1. The van der Waals surface area contributed by atoms with E-state index in [1.807, 2.05) is 18.2 Å². The average molecular weight is 326 g/mol. The Morgan fingerprint density at radius 3 is 2.83 bits per heavy atom. The second kappa shape index (κ2) is 7.40. The Bertz CT molecular complexity index is 696. The second-order valence-electron chi connectivity index (χ2n) is 5.85. The fraction of sp³-hybridized carbons (Fsp3) is 0.389. The van der Waals surface area contributed by atoms with Gasteiger partial charge in [0.25, 0.3) is 5.91 Å². The summed E-state index contributed by atoms with van der Waals surface area (Å²) in [7, 11) is 0. The molecule has 0 radical (unpaired) electrons. The summed E-state index contributed by atoms with van der Waals surface area (Å²) < 4.78 is 5.37. The van der Waals surface area contributed by atoms with Gasteiger partial charge in [0.1, 0.15) is 6.10 Å². The Kier molecular flexibility index (Phi) is 5.05. The molecule has 3 rings (SSSR count). The molecule has 1 aromatic heterocycles. The van der Waals surface area contributed by atoms with Crippen LogP contribution in [0.1, 0.15) is 25.3 Å². The van der Waals surface area contributed by atoms with Gasteiger partial charge in [0.05, 0.1) is 0 Å². The summed E-state index contributed by atoms with van der Waals surface area (Å²) in [6.07, 6.45) is 1.31. The number of carbonyl (C=O) groups excluding carboxylic acids is 1. The first-order valence-electron chi connectivity index (χ1n) is 8.28.